The summed E-state index contributed by atoms with van der Waals surface area (Å²) in [5.41, 5.74) is 5.24. The smallest absolute Gasteiger partial charge is 0.163 e. The average molecular weight is 185 g/mol. The lowest BCUT2D eigenvalue weighted by Crippen LogP contribution is -2.30. The van der Waals surface area contributed by atoms with Gasteiger partial charge in [0.1, 0.15) is 6.33 Å². The Hall–Kier alpha value is -1.17. The first-order valence-corrected chi connectivity index (χ1v) is 3.97. The fourth-order valence-electron chi connectivity index (χ4n) is 0.796. The van der Waals surface area contributed by atoms with Gasteiger partial charge in [0.25, 0.3) is 0 Å². The predicted octanol–water partition coefficient (Wildman–Crippen LogP) is -0.809. The second-order valence-corrected chi connectivity index (χ2v) is 2.82. The molecule has 0 spiro atoms. The van der Waals surface area contributed by atoms with Crippen molar-refractivity contribution >= 4 is 17.3 Å². The Morgan fingerprint density at radius 2 is 2.58 bits per heavy atom. The molecular weight excluding hydrogens is 174 g/mol. The second kappa shape index (κ2) is 4.01. The first-order valence-electron chi connectivity index (χ1n) is 3.56. The molecule has 1 heterocycles. The second-order valence-electron chi connectivity index (χ2n) is 2.38. The van der Waals surface area contributed by atoms with E-state index >= 15 is 0 Å². The fraction of sp³-hybridized carbons (Fsp3) is 0.500. The van der Waals surface area contributed by atoms with Gasteiger partial charge in [0, 0.05) is 20.0 Å². The summed E-state index contributed by atoms with van der Waals surface area (Å²) in [5, 5.41) is 7.22. The standard InChI is InChI=1S/C6H11N5S/c1-11-4-9-5(10-11)2-3-8-6(7)12/h4H,2-3H2,1H3,(H3,7,8,12). The van der Waals surface area contributed by atoms with Gasteiger partial charge in [-0.3, -0.25) is 4.68 Å². The summed E-state index contributed by atoms with van der Waals surface area (Å²) in [6, 6.07) is 0. The van der Waals surface area contributed by atoms with E-state index < -0.39 is 0 Å². The molecule has 0 saturated heterocycles. The predicted molar refractivity (Wildman–Crippen MR) is 49.5 cm³/mol. The largest absolute Gasteiger partial charge is 0.376 e. The van der Waals surface area contributed by atoms with Crippen LogP contribution in [0.15, 0.2) is 6.33 Å². The lowest BCUT2D eigenvalue weighted by molar-refractivity contribution is 0.730. The maximum absolute atomic E-state index is 5.24. The molecule has 0 aromatic carbocycles. The number of hydrogen-bond acceptors (Lipinski definition) is 3. The van der Waals surface area contributed by atoms with Crippen molar-refractivity contribution in [3.8, 4) is 0 Å². The third kappa shape index (κ3) is 2.83. The van der Waals surface area contributed by atoms with Crippen LogP contribution in [0.4, 0.5) is 0 Å². The molecule has 6 heteroatoms. The highest BCUT2D eigenvalue weighted by atomic mass is 32.1. The maximum Gasteiger partial charge on any atom is 0.163 e. The number of aryl methyl sites for hydroxylation is 1. The summed E-state index contributed by atoms with van der Waals surface area (Å²) in [4.78, 5) is 4.04. The number of nitrogens with zero attached hydrogens (tertiary/aromatic N) is 3. The van der Waals surface area contributed by atoms with E-state index in [4.69, 9.17) is 5.73 Å². The van der Waals surface area contributed by atoms with Gasteiger partial charge in [-0.25, -0.2) is 4.98 Å². The first-order chi connectivity index (χ1) is 5.68. The molecule has 0 saturated carbocycles. The molecule has 0 aliphatic heterocycles. The summed E-state index contributed by atoms with van der Waals surface area (Å²) < 4.78 is 1.66. The molecule has 1 rings (SSSR count). The Morgan fingerprint density at radius 3 is 3.08 bits per heavy atom. The third-order valence-corrected chi connectivity index (χ3v) is 1.44. The molecule has 12 heavy (non-hydrogen) atoms. The Balaban J connectivity index is 2.29. The Labute approximate surface area is 76.0 Å². The number of thiocarbonyl (C=S) groups is 1. The van der Waals surface area contributed by atoms with Crippen molar-refractivity contribution in [3.05, 3.63) is 12.2 Å². The first kappa shape index (κ1) is 8.92. The molecule has 66 valence electrons. The van der Waals surface area contributed by atoms with E-state index in [1.807, 2.05) is 7.05 Å². The van der Waals surface area contributed by atoms with Crippen LogP contribution in [0, 0.1) is 0 Å². The van der Waals surface area contributed by atoms with E-state index in [1.165, 1.54) is 0 Å². The van der Waals surface area contributed by atoms with Gasteiger partial charge in [0.2, 0.25) is 0 Å². The zero-order chi connectivity index (χ0) is 8.97. The van der Waals surface area contributed by atoms with Crippen molar-refractivity contribution in [2.45, 2.75) is 6.42 Å². The van der Waals surface area contributed by atoms with Crippen LogP contribution in [0.1, 0.15) is 5.82 Å². The van der Waals surface area contributed by atoms with Crippen LogP contribution in [0.5, 0.6) is 0 Å². The van der Waals surface area contributed by atoms with Crippen LogP contribution in [-0.2, 0) is 13.5 Å². The summed E-state index contributed by atoms with van der Waals surface area (Å²) in [7, 11) is 1.83. The lowest BCUT2D eigenvalue weighted by atomic mass is 10.4. The normalized spacial score (nSPS) is 9.75. The highest BCUT2D eigenvalue weighted by Gasteiger charge is 1.97. The quantitative estimate of drug-likeness (QED) is 0.603. The van der Waals surface area contributed by atoms with Crippen LogP contribution in [0.2, 0.25) is 0 Å². The van der Waals surface area contributed by atoms with E-state index in [-0.39, 0.29) is 0 Å². The van der Waals surface area contributed by atoms with Gasteiger partial charge in [-0.15, -0.1) is 0 Å². The molecule has 0 aliphatic carbocycles. The average Bonchev–Trinajstić information content (AvgIpc) is 2.35. The number of aromatic nitrogens is 3. The SMILES string of the molecule is Cn1cnc(CCNC(N)=S)n1. The van der Waals surface area contributed by atoms with Gasteiger partial charge >= 0.3 is 0 Å². The van der Waals surface area contributed by atoms with E-state index in [1.54, 1.807) is 11.0 Å². The maximum atomic E-state index is 5.24. The minimum Gasteiger partial charge on any atom is -0.376 e. The van der Waals surface area contributed by atoms with Crippen molar-refractivity contribution in [2.75, 3.05) is 6.54 Å². The number of nitrogens with two attached hydrogens (primary N) is 1. The number of rotatable bonds is 3. The third-order valence-electron chi connectivity index (χ3n) is 1.29. The summed E-state index contributed by atoms with van der Waals surface area (Å²) >= 11 is 4.64. The Kier molecular flexibility index (Phi) is 2.98. The minimum absolute atomic E-state index is 0.311. The Bertz CT molecular complexity index is 269. The molecule has 0 amide bonds. The molecular formula is C6H11N5S. The van der Waals surface area contributed by atoms with Crippen LogP contribution >= 0.6 is 12.2 Å². The molecule has 0 aliphatic rings. The van der Waals surface area contributed by atoms with Crippen LogP contribution in [0.3, 0.4) is 0 Å². The van der Waals surface area contributed by atoms with E-state index in [0.29, 0.717) is 11.7 Å². The molecule has 0 atom stereocenters. The van der Waals surface area contributed by atoms with Crippen LogP contribution < -0.4 is 11.1 Å². The van der Waals surface area contributed by atoms with Crippen molar-refractivity contribution in [2.24, 2.45) is 12.8 Å². The molecule has 1 aromatic rings. The molecule has 0 bridgehead atoms. The molecule has 0 fully saturated rings. The summed E-state index contributed by atoms with van der Waals surface area (Å²) in [6.07, 6.45) is 2.40. The van der Waals surface area contributed by atoms with E-state index in [2.05, 4.69) is 27.6 Å². The summed E-state index contributed by atoms with van der Waals surface area (Å²) in [6.45, 7) is 0.680. The number of nitrogens with one attached hydrogen (secondary N) is 1. The van der Waals surface area contributed by atoms with Gasteiger partial charge in [-0.1, -0.05) is 0 Å². The molecule has 0 unspecified atom stereocenters. The van der Waals surface area contributed by atoms with Gasteiger partial charge < -0.3 is 11.1 Å². The van der Waals surface area contributed by atoms with Crippen molar-refractivity contribution < 1.29 is 0 Å². The molecule has 1 aromatic heterocycles. The molecule has 0 radical (unpaired) electrons. The van der Waals surface area contributed by atoms with Crippen molar-refractivity contribution in [3.63, 3.8) is 0 Å². The lowest BCUT2D eigenvalue weighted by Gasteiger charge is -1.99. The van der Waals surface area contributed by atoms with Crippen molar-refractivity contribution in [1.82, 2.24) is 20.1 Å². The van der Waals surface area contributed by atoms with E-state index in [9.17, 15) is 0 Å². The van der Waals surface area contributed by atoms with Gasteiger partial charge in [-0.2, -0.15) is 5.10 Å². The Morgan fingerprint density at radius 1 is 1.83 bits per heavy atom. The number of hydrogen-bond donors (Lipinski definition) is 2. The zero-order valence-corrected chi connectivity index (χ0v) is 7.64. The summed E-state index contributed by atoms with van der Waals surface area (Å²) in [5.74, 6) is 0.793. The van der Waals surface area contributed by atoms with Crippen molar-refractivity contribution in [1.29, 1.82) is 0 Å². The molecule has 3 N–H and O–H groups in total. The highest BCUT2D eigenvalue weighted by molar-refractivity contribution is 7.80. The van der Waals surface area contributed by atoms with Crippen LogP contribution in [-0.4, -0.2) is 26.4 Å². The molecule has 5 nitrogen and oxygen atoms in total. The minimum atomic E-state index is 0.311. The monoisotopic (exact) mass is 185 g/mol. The topological polar surface area (TPSA) is 68.8 Å². The van der Waals surface area contributed by atoms with E-state index in [0.717, 1.165) is 12.2 Å². The zero-order valence-electron chi connectivity index (χ0n) is 6.82. The van der Waals surface area contributed by atoms with Crippen LogP contribution in [0.25, 0.3) is 0 Å². The van der Waals surface area contributed by atoms with Gasteiger partial charge in [0.15, 0.2) is 10.9 Å². The van der Waals surface area contributed by atoms with Gasteiger partial charge in [-0.05, 0) is 12.2 Å². The highest BCUT2D eigenvalue weighted by Crippen LogP contribution is 1.87. The van der Waals surface area contributed by atoms with Gasteiger partial charge in [0.05, 0.1) is 0 Å². The fourth-order valence-corrected chi connectivity index (χ4v) is 0.898.